The largest absolute Gasteiger partial charge is 0.480 e. The number of aliphatic hydroxyl groups is 3. The minimum absolute atomic E-state index is 0.419. The number of nitrogen functional groups attached to an aromatic ring is 1. The summed E-state index contributed by atoms with van der Waals surface area (Å²) in [6.07, 6.45) is -4.21. The molecule has 12 nitrogen and oxygen atoms in total. The van der Waals surface area contributed by atoms with Gasteiger partial charge in [0.2, 0.25) is 5.03 Å². The molecule has 1 aliphatic rings. The minimum atomic E-state index is -4.28. The topological polar surface area (TPSA) is 197 Å². The van der Waals surface area contributed by atoms with Crippen molar-refractivity contribution in [3.63, 3.8) is 0 Å². The van der Waals surface area contributed by atoms with Crippen molar-refractivity contribution in [3.8, 4) is 0 Å². The fourth-order valence-corrected chi connectivity index (χ4v) is 3.12. The van der Waals surface area contributed by atoms with Crippen LogP contribution in [0.15, 0.2) is 11.4 Å². The van der Waals surface area contributed by atoms with E-state index >= 15 is 0 Å². The van der Waals surface area contributed by atoms with Crippen LogP contribution in [0.25, 0.3) is 0 Å². The number of carboxylic acids is 1. The summed E-state index contributed by atoms with van der Waals surface area (Å²) in [6.45, 7) is -1.42. The molecule has 1 aliphatic heterocycles. The Labute approximate surface area is 130 Å². The van der Waals surface area contributed by atoms with Gasteiger partial charge in [-0.05, 0) is 0 Å². The smallest absolute Gasteiger partial charge is 0.318 e. The fourth-order valence-electron chi connectivity index (χ4n) is 2.10. The van der Waals surface area contributed by atoms with Gasteiger partial charge in [-0.1, -0.05) is 0 Å². The van der Waals surface area contributed by atoms with Gasteiger partial charge in [-0.25, -0.2) is 13.4 Å². The van der Waals surface area contributed by atoms with Crippen molar-refractivity contribution in [1.82, 2.24) is 14.3 Å². The first-order chi connectivity index (χ1) is 10.7. The number of ether oxygens (including phenoxy) is 1. The van der Waals surface area contributed by atoms with Crippen LogP contribution in [0.2, 0.25) is 0 Å². The quantitative estimate of drug-likeness (QED) is 0.298. The van der Waals surface area contributed by atoms with Crippen LogP contribution < -0.4 is 10.5 Å². The Morgan fingerprint density at radius 2 is 2.09 bits per heavy atom. The highest BCUT2D eigenvalue weighted by molar-refractivity contribution is 7.89. The highest BCUT2D eigenvalue weighted by Crippen LogP contribution is 2.32. The van der Waals surface area contributed by atoms with E-state index < -0.39 is 64.5 Å². The van der Waals surface area contributed by atoms with Crippen LogP contribution in [0.1, 0.15) is 6.23 Å². The van der Waals surface area contributed by atoms with E-state index in [1.807, 2.05) is 0 Å². The lowest BCUT2D eigenvalue weighted by atomic mass is 10.1. The van der Waals surface area contributed by atoms with E-state index in [2.05, 4.69) is 4.98 Å². The molecule has 0 spiro atoms. The van der Waals surface area contributed by atoms with Crippen LogP contribution in [-0.4, -0.2) is 75.8 Å². The highest BCUT2D eigenvalue weighted by atomic mass is 32.2. The maximum Gasteiger partial charge on any atom is 0.318 e. The van der Waals surface area contributed by atoms with Gasteiger partial charge in [0.1, 0.15) is 37.0 Å². The van der Waals surface area contributed by atoms with Crippen molar-refractivity contribution in [3.05, 3.63) is 6.33 Å². The molecule has 1 fully saturated rings. The van der Waals surface area contributed by atoms with Crippen LogP contribution in [0, 0.1) is 0 Å². The lowest BCUT2D eigenvalue weighted by Crippen LogP contribution is -2.33. The molecule has 0 bridgehead atoms. The molecule has 4 atom stereocenters. The zero-order chi connectivity index (χ0) is 17.4. The summed E-state index contributed by atoms with van der Waals surface area (Å²) < 4.78 is 31.8. The van der Waals surface area contributed by atoms with Gasteiger partial charge in [-0.3, -0.25) is 9.36 Å². The monoisotopic (exact) mass is 352 g/mol. The average Bonchev–Trinajstić information content (AvgIpc) is 2.99. The van der Waals surface area contributed by atoms with E-state index in [0.29, 0.717) is 0 Å². The van der Waals surface area contributed by atoms with Crippen LogP contribution in [0.3, 0.4) is 0 Å². The molecule has 1 saturated heterocycles. The van der Waals surface area contributed by atoms with Crippen molar-refractivity contribution >= 4 is 21.8 Å². The van der Waals surface area contributed by atoms with Gasteiger partial charge in [-0.15, -0.1) is 0 Å². The van der Waals surface area contributed by atoms with Crippen LogP contribution in [0.4, 0.5) is 5.82 Å². The SMILES string of the molecule is Nc1c(S(=O)(=O)NCC(=O)O)ncn1[C@@H]1O[C@H](CO)[C@@H](O)[C@H]1O. The number of carboxylic acid groups (broad SMARTS) is 1. The molecule has 1 aromatic rings. The molecule has 23 heavy (non-hydrogen) atoms. The number of carbonyl (C=O) groups is 1. The number of aromatic nitrogens is 2. The average molecular weight is 352 g/mol. The molecule has 1 aromatic heterocycles. The Morgan fingerprint density at radius 3 is 2.61 bits per heavy atom. The van der Waals surface area contributed by atoms with Gasteiger partial charge >= 0.3 is 5.97 Å². The number of nitrogens with zero attached hydrogens (tertiary/aromatic N) is 2. The number of hydrogen-bond acceptors (Lipinski definition) is 9. The van der Waals surface area contributed by atoms with E-state index in [1.165, 1.54) is 0 Å². The molecule has 2 rings (SSSR count). The van der Waals surface area contributed by atoms with Gasteiger partial charge in [0.15, 0.2) is 6.23 Å². The normalized spacial score (nSPS) is 28.1. The Bertz CT molecular complexity index is 689. The predicted octanol–water partition coefficient (Wildman–Crippen LogP) is -3.56. The Kier molecular flexibility index (Phi) is 4.88. The molecule has 13 heteroatoms. The van der Waals surface area contributed by atoms with Gasteiger partial charge in [0.05, 0.1) is 6.61 Å². The first-order valence-electron chi connectivity index (χ1n) is 6.35. The van der Waals surface area contributed by atoms with E-state index in [1.54, 1.807) is 4.72 Å². The third-order valence-electron chi connectivity index (χ3n) is 3.26. The van der Waals surface area contributed by atoms with Crippen molar-refractivity contribution < 1.29 is 38.4 Å². The van der Waals surface area contributed by atoms with Gasteiger partial charge in [0.25, 0.3) is 10.0 Å². The second kappa shape index (κ2) is 6.38. The van der Waals surface area contributed by atoms with E-state index in [9.17, 15) is 23.4 Å². The van der Waals surface area contributed by atoms with Gasteiger partial charge < -0.3 is 30.9 Å². The third kappa shape index (κ3) is 3.29. The summed E-state index contributed by atoms with van der Waals surface area (Å²) in [4.78, 5) is 14.0. The van der Waals surface area contributed by atoms with Crippen molar-refractivity contribution in [2.24, 2.45) is 0 Å². The maximum absolute atomic E-state index is 11.9. The van der Waals surface area contributed by atoms with Crippen molar-refractivity contribution in [2.45, 2.75) is 29.6 Å². The van der Waals surface area contributed by atoms with Crippen molar-refractivity contribution in [2.75, 3.05) is 18.9 Å². The number of nitrogens with two attached hydrogens (primary N) is 1. The summed E-state index contributed by atoms with van der Waals surface area (Å²) in [5, 5.41) is 36.5. The second-order valence-corrected chi connectivity index (χ2v) is 6.47. The van der Waals surface area contributed by atoms with Gasteiger partial charge in [0, 0.05) is 0 Å². The van der Waals surface area contributed by atoms with Crippen LogP contribution >= 0.6 is 0 Å². The lowest BCUT2D eigenvalue weighted by Gasteiger charge is -2.17. The summed E-state index contributed by atoms with van der Waals surface area (Å²) in [7, 11) is -4.28. The van der Waals surface area contributed by atoms with E-state index in [4.69, 9.17) is 20.7 Å². The standard InChI is InChI=1S/C10H16N4O8S/c11-8-9(23(20,21)13-1-5(16)17)12-3-14(8)10-7(19)6(18)4(2-15)22-10/h3-4,6-7,10,13,15,18-19H,1-2,11H2,(H,16,17)/t4-,6-,7-,10-/m1/s1. The number of sulfonamides is 1. The molecular weight excluding hydrogens is 336 g/mol. The molecule has 0 unspecified atom stereocenters. The second-order valence-electron chi connectivity index (χ2n) is 4.79. The number of anilines is 1. The van der Waals surface area contributed by atoms with E-state index in [-0.39, 0.29) is 0 Å². The Hall–Kier alpha value is -1.77. The Morgan fingerprint density at radius 1 is 1.43 bits per heavy atom. The van der Waals surface area contributed by atoms with Crippen molar-refractivity contribution in [1.29, 1.82) is 0 Å². The number of nitrogens with one attached hydrogen (secondary N) is 1. The molecule has 7 N–H and O–H groups in total. The summed E-state index contributed by atoms with van der Waals surface area (Å²) >= 11 is 0. The number of aliphatic hydroxyl groups excluding tert-OH is 3. The maximum atomic E-state index is 11.9. The van der Waals surface area contributed by atoms with Crippen LogP contribution in [0.5, 0.6) is 0 Å². The zero-order valence-electron chi connectivity index (χ0n) is 11.6. The zero-order valence-corrected chi connectivity index (χ0v) is 12.4. The number of rotatable bonds is 6. The fraction of sp³-hybridized carbons (Fsp3) is 0.600. The number of aliphatic carboxylic acids is 1. The summed E-state index contributed by atoms with van der Waals surface area (Å²) in [5.41, 5.74) is 5.67. The van der Waals surface area contributed by atoms with E-state index in [0.717, 1.165) is 10.9 Å². The first-order valence-corrected chi connectivity index (χ1v) is 7.83. The first kappa shape index (κ1) is 17.6. The molecule has 0 amide bonds. The molecule has 0 aromatic carbocycles. The molecule has 2 heterocycles. The lowest BCUT2D eigenvalue weighted by molar-refractivity contribution is -0.135. The molecule has 0 aliphatic carbocycles. The molecule has 0 radical (unpaired) electrons. The van der Waals surface area contributed by atoms with Gasteiger partial charge in [-0.2, -0.15) is 4.72 Å². The highest BCUT2D eigenvalue weighted by Gasteiger charge is 2.44. The molecule has 0 saturated carbocycles. The predicted molar refractivity (Wildman–Crippen MR) is 72.5 cm³/mol. The summed E-state index contributed by atoms with van der Waals surface area (Å²) in [5.74, 6) is -1.81. The molecule has 130 valence electrons. The Balaban J connectivity index is 2.28. The number of hydrogen-bond donors (Lipinski definition) is 6. The number of imidazole rings is 1. The van der Waals surface area contributed by atoms with Crippen LogP contribution in [-0.2, 0) is 19.6 Å². The summed E-state index contributed by atoms with van der Waals surface area (Å²) in [6, 6.07) is 0. The minimum Gasteiger partial charge on any atom is -0.480 e. The molecular formula is C10H16N4O8S. The third-order valence-corrected chi connectivity index (χ3v) is 4.60.